The zero-order valence-corrected chi connectivity index (χ0v) is 18.5. The summed E-state index contributed by atoms with van der Waals surface area (Å²) in [5, 5.41) is 8.14. The molecule has 32 heavy (non-hydrogen) atoms. The van der Waals surface area contributed by atoms with E-state index in [1.54, 1.807) is 14.2 Å². The van der Waals surface area contributed by atoms with Gasteiger partial charge < -0.3 is 24.8 Å². The van der Waals surface area contributed by atoms with Crippen LogP contribution in [0.3, 0.4) is 0 Å². The van der Waals surface area contributed by atoms with E-state index >= 15 is 0 Å². The highest BCUT2D eigenvalue weighted by Gasteiger charge is 2.24. The number of ether oxygens (including phenoxy) is 3. The molecule has 1 saturated heterocycles. The van der Waals surface area contributed by atoms with Gasteiger partial charge in [-0.2, -0.15) is 0 Å². The normalized spacial score (nSPS) is 15.2. The Labute approximate surface area is 188 Å². The predicted octanol–water partition coefficient (Wildman–Crippen LogP) is 4.05. The third-order valence-electron chi connectivity index (χ3n) is 5.77. The van der Waals surface area contributed by atoms with Crippen LogP contribution >= 0.6 is 0 Å². The van der Waals surface area contributed by atoms with Crippen LogP contribution in [0.25, 0.3) is 10.8 Å². The maximum Gasteiger partial charge on any atom is 0.319 e. The fourth-order valence-electron chi connectivity index (χ4n) is 4.10. The van der Waals surface area contributed by atoms with Crippen LogP contribution in [0.1, 0.15) is 11.6 Å². The number of anilines is 1. The van der Waals surface area contributed by atoms with Gasteiger partial charge in [0.2, 0.25) is 0 Å². The maximum atomic E-state index is 12.8. The fraction of sp³-hybridized carbons (Fsp3) is 0.320. The topological polar surface area (TPSA) is 72.1 Å². The number of carbonyl (C=O) groups excluding carboxylic acids is 1. The van der Waals surface area contributed by atoms with Gasteiger partial charge in [0.25, 0.3) is 0 Å². The Bertz CT molecular complexity index is 1060. The lowest BCUT2D eigenvalue weighted by atomic mass is 10.0. The summed E-state index contributed by atoms with van der Waals surface area (Å²) in [4.78, 5) is 15.1. The maximum absolute atomic E-state index is 12.8. The molecule has 0 saturated carbocycles. The predicted molar refractivity (Wildman–Crippen MR) is 126 cm³/mol. The van der Waals surface area contributed by atoms with Gasteiger partial charge >= 0.3 is 6.03 Å². The van der Waals surface area contributed by atoms with E-state index in [4.69, 9.17) is 14.2 Å². The highest BCUT2D eigenvalue weighted by molar-refractivity contribution is 6.01. The number of morpholine rings is 1. The number of benzene rings is 3. The van der Waals surface area contributed by atoms with Gasteiger partial charge in [-0.1, -0.05) is 42.5 Å². The molecule has 7 nitrogen and oxygen atoms in total. The Morgan fingerprint density at radius 3 is 2.53 bits per heavy atom. The van der Waals surface area contributed by atoms with Gasteiger partial charge in [-0.3, -0.25) is 4.90 Å². The summed E-state index contributed by atoms with van der Waals surface area (Å²) in [6, 6.07) is 19.5. The lowest BCUT2D eigenvalue weighted by Crippen LogP contribution is -2.44. The van der Waals surface area contributed by atoms with Gasteiger partial charge in [0.15, 0.2) is 11.5 Å². The first kappa shape index (κ1) is 21.9. The van der Waals surface area contributed by atoms with E-state index in [-0.39, 0.29) is 12.1 Å². The molecule has 1 aliphatic rings. The minimum absolute atomic E-state index is 0.0167. The van der Waals surface area contributed by atoms with Crippen molar-refractivity contribution in [1.29, 1.82) is 0 Å². The number of carbonyl (C=O) groups is 1. The van der Waals surface area contributed by atoms with Crippen molar-refractivity contribution < 1.29 is 19.0 Å². The number of rotatable bonds is 7. The summed E-state index contributed by atoms with van der Waals surface area (Å²) < 4.78 is 16.4. The molecule has 1 aliphatic heterocycles. The summed E-state index contributed by atoms with van der Waals surface area (Å²) in [6.45, 7) is 3.39. The molecule has 0 spiro atoms. The molecule has 1 unspecified atom stereocenters. The Hall–Kier alpha value is -3.29. The van der Waals surface area contributed by atoms with E-state index in [0.717, 1.165) is 35.1 Å². The molecule has 0 aromatic heterocycles. The van der Waals surface area contributed by atoms with Crippen molar-refractivity contribution in [3.63, 3.8) is 0 Å². The van der Waals surface area contributed by atoms with Gasteiger partial charge in [0.05, 0.1) is 39.2 Å². The first-order valence-electron chi connectivity index (χ1n) is 10.8. The third kappa shape index (κ3) is 4.95. The van der Waals surface area contributed by atoms with Crippen molar-refractivity contribution in [3.8, 4) is 11.5 Å². The minimum atomic E-state index is -0.236. The van der Waals surface area contributed by atoms with E-state index in [9.17, 15) is 4.79 Å². The van der Waals surface area contributed by atoms with Crippen LogP contribution in [0.15, 0.2) is 60.7 Å². The molecule has 1 fully saturated rings. The molecule has 3 aromatic rings. The molecule has 0 radical (unpaired) electrons. The van der Waals surface area contributed by atoms with E-state index < -0.39 is 0 Å². The van der Waals surface area contributed by atoms with Crippen molar-refractivity contribution >= 4 is 22.5 Å². The number of hydrogen-bond acceptors (Lipinski definition) is 5. The van der Waals surface area contributed by atoms with Crippen molar-refractivity contribution in [2.45, 2.75) is 6.04 Å². The Morgan fingerprint density at radius 1 is 1.00 bits per heavy atom. The molecular formula is C25H29N3O4. The number of urea groups is 1. The molecule has 2 N–H and O–H groups in total. The minimum Gasteiger partial charge on any atom is -0.493 e. The highest BCUT2D eigenvalue weighted by atomic mass is 16.5. The van der Waals surface area contributed by atoms with E-state index in [1.165, 1.54) is 0 Å². The second-order valence-electron chi connectivity index (χ2n) is 7.64. The average molecular weight is 436 g/mol. The second-order valence-corrected chi connectivity index (χ2v) is 7.64. The van der Waals surface area contributed by atoms with Crippen LogP contribution in [-0.4, -0.2) is 58.0 Å². The van der Waals surface area contributed by atoms with Gasteiger partial charge in [-0.25, -0.2) is 4.79 Å². The third-order valence-corrected chi connectivity index (χ3v) is 5.77. The molecular weight excluding hydrogens is 406 g/mol. The number of nitrogens with zero attached hydrogens (tertiary/aromatic N) is 1. The summed E-state index contributed by atoms with van der Waals surface area (Å²) in [5.41, 5.74) is 1.84. The quantitative estimate of drug-likeness (QED) is 0.586. The SMILES string of the molecule is COc1ccc(C(CNC(=O)Nc2cccc3ccccc23)N2CCOCC2)cc1OC. The molecule has 1 atom stereocenters. The van der Waals surface area contributed by atoms with E-state index in [1.807, 2.05) is 60.7 Å². The van der Waals surface area contributed by atoms with Crippen LogP contribution < -0.4 is 20.1 Å². The number of hydrogen-bond donors (Lipinski definition) is 2. The van der Waals surface area contributed by atoms with Gasteiger partial charge in [0.1, 0.15) is 0 Å². The van der Waals surface area contributed by atoms with Crippen LogP contribution in [-0.2, 0) is 4.74 Å². The zero-order chi connectivity index (χ0) is 22.3. The second kappa shape index (κ2) is 10.3. The number of methoxy groups -OCH3 is 2. The lowest BCUT2D eigenvalue weighted by molar-refractivity contribution is 0.0167. The number of fused-ring (bicyclic) bond motifs is 1. The molecule has 4 rings (SSSR count). The van der Waals surface area contributed by atoms with Crippen LogP contribution in [0, 0.1) is 0 Å². The molecule has 3 aromatic carbocycles. The Balaban J connectivity index is 1.50. The lowest BCUT2D eigenvalue weighted by Gasteiger charge is -2.35. The molecule has 1 heterocycles. The van der Waals surface area contributed by atoms with Crippen molar-refractivity contribution in [3.05, 3.63) is 66.2 Å². The standard InChI is InChI=1S/C25H29N3O4/c1-30-23-11-10-19(16-24(23)31-2)22(28-12-14-32-15-13-28)17-26-25(29)27-21-9-5-7-18-6-3-4-8-20(18)21/h3-11,16,22H,12-15,17H2,1-2H3,(H2,26,27,29). The van der Waals surface area contributed by atoms with Crippen molar-refractivity contribution in [2.75, 3.05) is 52.4 Å². The smallest absolute Gasteiger partial charge is 0.319 e. The van der Waals surface area contributed by atoms with Crippen molar-refractivity contribution in [1.82, 2.24) is 10.2 Å². The Morgan fingerprint density at radius 2 is 1.75 bits per heavy atom. The molecule has 0 bridgehead atoms. The Kier molecular flexibility index (Phi) is 7.09. The average Bonchev–Trinajstić information content (AvgIpc) is 2.85. The number of amides is 2. The van der Waals surface area contributed by atoms with Crippen LogP contribution in [0.2, 0.25) is 0 Å². The summed E-state index contributed by atoms with van der Waals surface area (Å²) in [7, 11) is 3.25. The molecule has 7 heteroatoms. The largest absolute Gasteiger partial charge is 0.493 e. The number of nitrogens with one attached hydrogen (secondary N) is 2. The first-order valence-corrected chi connectivity index (χ1v) is 10.8. The first-order chi connectivity index (χ1) is 15.7. The van der Waals surface area contributed by atoms with Crippen LogP contribution in [0.5, 0.6) is 11.5 Å². The van der Waals surface area contributed by atoms with Gasteiger partial charge in [-0.15, -0.1) is 0 Å². The summed E-state index contributed by atoms with van der Waals surface area (Å²) in [5.74, 6) is 1.35. The monoisotopic (exact) mass is 435 g/mol. The summed E-state index contributed by atoms with van der Waals surface area (Å²) in [6.07, 6.45) is 0. The van der Waals surface area contributed by atoms with Gasteiger partial charge in [-0.05, 0) is 29.1 Å². The molecule has 168 valence electrons. The molecule has 2 amide bonds. The van der Waals surface area contributed by atoms with Crippen molar-refractivity contribution in [2.24, 2.45) is 0 Å². The molecule has 0 aliphatic carbocycles. The van der Waals surface area contributed by atoms with E-state index in [0.29, 0.717) is 31.3 Å². The van der Waals surface area contributed by atoms with Gasteiger partial charge in [0, 0.05) is 25.0 Å². The summed E-state index contributed by atoms with van der Waals surface area (Å²) >= 11 is 0. The van der Waals surface area contributed by atoms with Crippen LogP contribution in [0.4, 0.5) is 10.5 Å². The van der Waals surface area contributed by atoms with E-state index in [2.05, 4.69) is 15.5 Å². The fourth-order valence-corrected chi connectivity index (χ4v) is 4.10. The zero-order valence-electron chi connectivity index (χ0n) is 18.5. The highest BCUT2D eigenvalue weighted by Crippen LogP contribution is 2.32.